The van der Waals surface area contributed by atoms with Crippen LogP contribution in [0.25, 0.3) is 0 Å². The predicted octanol–water partition coefficient (Wildman–Crippen LogP) is 2.91. The molecular formula is C25H27F3N4O5S. The van der Waals surface area contributed by atoms with E-state index in [2.05, 4.69) is 29.1 Å². The monoisotopic (exact) mass is 552 g/mol. The molecule has 4 heterocycles. The largest absolute Gasteiger partial charge is 0.497 e. The zero-order valence-electron chi connectivity index (χ0n) is 20.8. The fraction of sp³-hybridized carbons (Fsp3) is 0.440. The van der Waals surface area contributed by atoms with Gasteiger partial charge in [-0.3, -0.25) is 19.1 Å². The Bertz CT molecular complexity index is 1430. The van der Waals surface area contributed by atoms with Gasteiger partial charge in [-0.25, -0.2) is 9.48 Å². The lowest BCUT2D eigenvalue weighted by Gasteiger charge is -2.22. The molecule has 38 heavy (non-hydrogen) atoms. The highest BCUT2D eigenvalue weighted by atomic mass is 32.1. The van der Waals surface area contributed by atoms with Crippen LogP contribution in [0.4, 0.5) is 13.2 Å². The molecule has 2 aliphatic rings. The zero-order valence-corrected chi connectivity index (χ0v) is 21.6. The Labute approximate surface area is 219 Å². The number of benzene rings is 1. The lowest BCUT2D eigenvalue weighted by Crippen LogP contribution is -2.43. The molecule has 1 spiro atoms. The summed E-state index contributed by atoms with van der Waals surface area (Å²) in [5, 5.41) is 11.7. The first-order valence-corrected chi connectivity index (χ1v) is 12.6. The van der Waals surface area contributed by atoms with Crippen molar-refractivity contribution in [2.75, 3.05) is 20.2 Å². The van der Waals surface area contributed by atoms with E-state index in [0.29, 0.717) is 6.54 Å². The Hall–Kier alpha value is -3.45. The van der Waals surface area contributed by atoms with Crippen LogP contribution in [0.15, 0.2) is 46.0 Å². The van der Waals surface area contributed by atoms with E-state index in [1.165, 1.54) is 14.4 Å². The number of carboxylic acid groups (broad SMARTS) is 1. The number of halogens is 3. The first-order chi connectivity index (χ1) is 17.9. The second kappa shape index (κ2) is 10.7. The maximum Gasteiger partial charge on any atom is 0.490 e. The molecule has 3 aromatic rings. The number of nitrogens with zero attached hydrogens (tertiary/aromatic N) is 4. The van der Waals surface area contributed by atoms with Gasteiger partial charge in [0.2, 0.25) is 0 Å². The minimum absolute atomic E-state index is 0.00278. The normalized spacial score (nSPS) is 18.8. The van der Waals surface area contributed by atoms with E-state index in [4.69, 9.17) is 14.6 Å². The molecular weight excluding hydrogens is 525 g/mol. The summed E-state index contributed by atoms with van der Waals surface area (Å²) in [6, 6.07) is 11.8. The summed E-state index contributed by atoms with van der Waals surface area (Å²) in [6.45, 7) is 5.89. The van der Waals surface area contributed by atoms with Gasteiger partial charge < -0.3 is 9.84 Å². The molecule has 0 aliphatic carbocycles. The zero-order chi connectivity index (χ0) is 27.7. The highest BCUT2D eigenvalue weighted by Crippen LogP contribution is 2.40. The molecule has 1 atom stereocenters. The maximum absolute atomic E-state index is 12.8. The standard InChI is InChI=1S/C23H26N4O3S.C2HF3O2/c1-16-3-8-19(31-16)13-25-10-9-23(14-25)11-20-24-27(22(29)21(28)26(20)15-23)12-17-4-6-18(30-2)7-5-17;3-2(4,5)1(6)7/h3-8H,9-15H2,1-2H3;(H,6,7). The molecule has 0 bridgehead atoms. The highest BCUT2D eigenvalue weighted by molar-refractivity contribution is 7.11. The number of likely N-dealkylation sites (tertiary alicyclic amines) is 1. The minimum Gasteiger partial charge on any atom is -0.497 e. The second-order valence-corrected chi connectivity index (χ2v) is 10.9. The van der Waals surface area contributed by atoms with Crippen LogP contribution in [0, 0.1) is 12.3 Å². The van der Waals surface area contributed by atoms with Gasteiger partial charge in [-0.05, 0) is 49.7 Å². The molecule has 13 heteroatoms. The number of aromatic nitrogens is 3. The number of ether oxygens (including phenoxy) is 1. The summed E-state index contributed by atoms with van der Waals surface area (Å²) < 4.78 is 39.9. The van der Waals surface area contributed by atoms with Crippen molar-refractivity contribution in [3.8, 4) is 5.75 Å². The van der Waals surface area contributed by atoms with Gasteiger partial charge in [0, 0.05) is 41.2 Å². The van der Waals surface area contributed by atoms with Crippen molar-refractivity contribution < 1.29 is 27.8 Å². The first kappa shape index (κ1) is 27.6. The topological polar surface area (TPSA) is 107 Å². The lowest BCUT2D eigenvalue weighted by atomic mass is 9.86. The maximum atomic E-state index is 12.8. The summed E-state index contributed by atoms with van der Waals surface area (Å²) in [5.41, 5.74) is -0.106. The second-order valence-electron chi connectivity index (χ2n) is 9.57. The van der Waals surface area contributed by atoms with Gasteiger partial charge in [-0.15, -0.1) is 11.3 Å². The van der Waals surface area contributed by atoms with Crippen molar-refractivity contribution in [1.82, 2.24) is 19.2 Å². The third kappa shape index (κ3) is 6.16. The minimum atomic E-state index is -5.08. The van der Waals surface area contributed by atoms with Gasteiger partial charge in [0.05, 0.1) is 13.7 Å². The Morgan fingerprint density at radius 3 is 2.37 bits per heavy atom. The smallest absolute Gasteiger partial charge is 0.490 e. The average molecular weight is 553 g/mol. The molecule has 2 aliphatic heterocycles. The van der Waals surface area contributed by atoms with Crippen LogP contribution in [-0.4, -0.2) is 56.7 Å². The molecule has 0 amide bonds. The lowest BCUT2D eigenvalue weighted by molar-refractivity contribution is -0.192. The molecule has 1 aromatic carbocycles. The molecule has 9 nitrogen and oxygen atoms in total. The number of hydrogen-bond acceptors (Lipinski definition) is 7. The molecule has 1 fully saturated rings. The molecule has 2 aromatic heterocycles. The number of methoxy groups -OCH3 is 1. The molecule has 5 rings (SSSR count). The van der Waals surface area contributed by atoms with Crippen molar-refractivity contribution >= 4 is 17.3 Å². The van der Waals surface area contributed by atoms with Gasteiger partial charge in [-0.2, -0.15) is 18.3 Å². The number of alkyl halides is 3. The summed E-state index contributed by atoms with van der Waals surface area (Å²) >= 11 is 1.84. The van der Waals surface area contributed by atoms with E-state index in [9.17, 15) is 22.8 Å². The van der Waals surface area contributed by atoms with Crippen LogP contribution < -0.4 is 15.9 Å². The van der Waals surface area contributed by atoms with Gasteiger partial charge in [0.15, 0.2) is 0 Å². The summed E-state index contributed by atoms with van der Waals surface area (Å²) in [4.78, 5) is 39.6. The number of hydrogen-bond donors (Lipinski definition) is 1. The Morgan fingerprint density at radius 1 is 1.11 bits per heavy atom. The van der Waals surface area contributed by atoms with Crippen LogP contribution in [0.3, 0.4) is 0 Å². The van der Waals surface area contributed by atoms with Crippen molar-refractivity contribution in [3.63, 3.8) is 0 Å². The molecule has 204 valence electrons. The molecule has 1 unspecified atom stereocenters. The van der Waals surface area contributed by atoms with Gasteiger partial charge in [0.25, 0.3) is 0 Å². The van der Waals surface area contributed by atoms with E-state index in [0.717, 1.165) is 49.6 Å². The number of carbonyl (C=O) groups is 1. The number of aliphatic carboxylic acids is 1. The Kier molecular flexibility index (Phi) is 7.79. The van der Waals surface area contributed by atoms with Crippen molar-refractivity contribution in [2.45, 2.75) is 45.6 Å². The average Bonchev–Trinajstić information content (AvgIpc) is 3.56. The SMILES string of the molecule is COc1ccc(Cn2nc3n(c(=O)c2=O)CC2(CCN(Cc4ccc(C)s4)C2)C3)cc1.O=C(O)C(F)(F)F. The van der Waals surface area contributed by atoms with Crippen molar-refractivity contribution in [1.29, 1.82) is 0 Å². The summed E-state index contributed by atoms with van der Waals surface area (Å²) in [5.74, 6) is -1.28. The van der Waals surface area contributed by atoms with Crippen molar-refractivity contribution in [2.24, 2.45) is 5.41 Å². The van der Waals surface area contributed by atoms with E-state index < -0.39 is 23.3 Å². The molecule has 0 saturated carbocycles. The Balaban J connectivity index is 0.000000426. The fourth-order valence-corrected chi connectivity index (χ4v) is 5.77. The summed E-state index contributed by atoms with van der Waals surface area (Å²) in [7, 11) is 1.62. The molecule has 0 radical (unpaired) electrons. The van der Waals surface area contributed by atoms with Crippen LogP contribution in [-0.2, 0) is 30.8 Å². The highest BCUT2D eigenvalue weighted by Gasteiger charge is 2.44. The number of rotatable bonds is 5. The fourth-order valence-electron chi connectivity index (χ4n) is 4.84. The number of carboxylic acids is 1. The molecule has 1 N–H and O–H groups in total. The third-order valence-corrected chi connectivity index (χ3v) is 7.65. The third-order valence-electron chi connectivity index (χ3n) is 6.66. The van der Waals surface area contributed by atoms with E-state index >= 15 is 0 Å². The molecule has 1 saturated heterocycles. The quantitative estimate of drug-likeness (QED) is 0.485. The van der Waals surface area contributed by atoms with Gasteiger partial charge >= 0.3 is 23.3 Å². The van der Waals surface area contributed by atoms with E-state index in [1.54, 1.807) is 11.7 Å². The van der Waals surface area contributed by atoms with Crippen molar-refractivity contribution in [3.05, 3.63) is 78.2 Å². The van der Waals surface area contributed by atoms with Crippen LogP contribution in [0.2, 0.25) is 0 Å². The number of aryl methyl sites for hydroxylation is 1. The van der Waals surface area contributed by atoms with Gasteiger partial charge in [-0.1, -0.05) is 12.1 Å². The van der Waals surface area contributed by atoms with E-state index in [-0.39, 0.29) is 12.0 Å². The summed E-state index contributed by atoms with van der Waals surface area (Å²) in [6.07, 6.45) is -3.32. The number of thiophene rings is 1. The van der Waals surface area contributed by atoms with Gasteiger partial charge in [0.1, 0.15) is 11.6 Å². The van der Waals surface area contributed by atoms with Crippen LogP contribution >= 0.6 is 11.3 Å². The van der Waals surface area contributed by atoms with Crippen LogP contribution in [0.5, 0.6) is 5.75 Å². The predicted molar refractivity (Wildman–Crippen MR) is 134 cm³/mol. The Morgan fingerprint density at radius 2 is 1.79 bits per heavy atom. The number of fused-ring (bicyclic) bond motifs is 1. The van der Waals surface area contributed by atoms with E-state index in [1.807, 2.05) is 35.6 Å². The van der Waals surface area contributed by atoms with Crippen LogP contribution in [0.1, 0.15) is 27.6 Å². The first-order valence-electron chi connectivity index (χ1n) is 11.8.